The molecular weight excluding hydrogens is 534 g/mol. The van der Waals surface area contributed by atoms with Crippen molar-refractivity contribution in [2.75, 3.05) is 10.8 Å². The minimum absolute atomic E-state index is 0.0547. The van der Waals surface area contributed by atoms with Crippen LogP contribution in [-0.4, -0.2) is 43.8 Å². The fourth-order valence-corrected chi connectivity index (χ4v) is 5.98. The summed E-state index contributed by atoms with van der Waals surface area (Å²) >= 11 is 0. The topological polar surface area (TPSA) is 86.8 Å². The number of carbonyl (C=O) groups excluding carboxylic acids is 2. The highest BCUT2D eigenvalue weighted by Gasteiger charge is 2.34. The second-order valence-electron chi connectivity index (χ2n) is 10.8. The molecule has 8 heteroatoms. The van der Waals surface area contributed by atoms with Crippen molar-refractivity contribution in [3.8, 4) is 0 Å². The van der Waals surface area contributed by atoms with Crippen molar-refractivity contribution in [1.29, 1.82) is 0 Å². The van der Waals surface area contributed by atoms with Gasteiger partial charge < -0.3 is 10.2 Å². The molecule has 3 aromatic rings. The van der Waals surface area contributed by atoms with E-state index in [1.807, 2.05) is 78.8 Å². The summed E-state index contributed by atoms with van der Waals surface area (Å²) in [5.41, 5.74) is 5.14. The maximum atomic E-state index is 14.2. The molecule has 3 rings (SSSR count). The lowest BCUT2D eigenvalue weighted by Gasteiger charge is -2.34. The SMILES string of the molecule is CC[C@H](C(=O)N[C@@H](C)CC)N(Cc1ccccc1C)C(=O)CN(c1ccc(C)c(C)c1)S(=O)(=O)c1ccc(C)cc1. The van der Waals surface area contributed by atoms with E-state index in [-0.39, 0.29) is 23.4 Å². The number of benzene rings is 3. The fraction of sp³-hybridized carbons (Fsp3) is 0.394. The van der Waals surface area contributed by atoms with Gasteiger partial charge in [0.05, 0.1) is 10.6 Å². The lowest BCUT2D eigenvalue weighted by atomic mass is 10.1. The van der Waals surface area contributed by atoms with Gasteiger partial charge >= 0.3 is 0 Å². The molecule has 0 saturated carbocycles. The maximum Gasteiger partial charge on any atom is 0.264 e. The van der Waals surface area contributed by atoms with Crippen molar-refractivity contribution < 1.29 is 18.0 Å². The second-order valence-corrected chi connectivity index (χ2v) is 12.6. The van der Waals surface area contributed by atoms with Crippen LogP contribution in [-0.2, 0) is 26.2 Å². The highest BCUT2D eigenvalue weighted by molar-refractivity contribution is 7.92. The van der Waals surface area contributed by atoms with Crippen LogP contribution in [0, 0.1) is 27.7 Å². The molecule has 0 bridgehead atoms. The number of carbonyl (C=O) groups is 2. The molecule has 7 nitrogen and oxygen atoms in total. The molecule has 0 aliphatic heterocycles. The summed E-state index contributed by atoms with van der Waals surface area (Å²) in [6.45, 7) is 13.2. The van der Waals surface area contributed by atoms with Crippen molar-refractivity contribution in [3.05, 3.63) is 94.5 Å². The number of aryl methyl sites for hydroxylation is 4. The Morgan fingerprint density at radius 2 is 1.49 bits per heavy atom. The number of hydrogen-bond donors (Lipinski definition) is 1. The summed E-state index contributed by atoms with van der Waals surface area (Å²) in [7, 11) is -4.10. The van der Waals surface area contributed by atoms with E-state index >= 15 is 0 Å². The molecule has 0 aliphatic rings. The van der Waals surface area contributed by atoms with Crippen molar-refractivity contribution in [2.45, 2.75) is 84.8 Å². The van der Waals surface area contributed by atoms with Crippen LogP contribution < -0.4 is 9.62 Å². The fourth-order valence-electron chi connectivity index (χ4n) is 4.58. The molecule has 2 atom stereocenters. The zero-order valence-electron chi connectivity index (χ0n) is 25.3. The van der Waals surface area contributed by atoms with Gasteiger partial charge in [0.25, 0.3) is 10.0 Å². The molecule has 0 fully saturated rings. The van der Waals surface area contributed by atoms with Crippen LogP contribution in [0.25, 0.3) is 0 Å². The Morgan fingerprint density at radius 1 is 0.829 bits per heavy atom. The van der Waals surface area contributed by atoms with Crippen molar-refractivity contribution in [3.63, 3.8) is 0 Å². The number of amides is 2. The lowest BCUT2D eigenvalue weighted by molar-refractivity contribution is -0.140. The number of sulfonamides is 1. The van der Waals surface area contributed by atoms with Gasteiger partial charge in [-0.25, -0.2) is 8.42 Å². The van der Waals surface area contributed by atoms with E-state index < -0.39 is 28.5 Å². The first-order valence-electron chi connectivity index (χ1n) is 14.2. The third kappa shape index (κ3) is 7.76. The van der Waals surface area contributed by atoms with E-state index in [9.17, 15) is 18.0 Å². The van der Waals surface area contributed by atoms with Gasteiger partial charge in [-0.3, -0.25) is 13.9 Å². The molecule has 3 aromatic carbocycles. The van der Waals surface area contributed by atoms with Crippen LogP contribution >= 0.6 is 0 Å². The van der Waals surface area contributed by atoms with E-state index in [1.54, 1.807) is 36.4 Å². The summed E-state index contributed by atoms with van der Waals surface area (Å²) in [6, 6.07) is 18.8. The third-order valence-corrected chi connectivity index (χ3v) is 9.44. The Balaban J connectivity index is 2.10. The summed E-state index contributed by atoms with van der Waals surface area (Å²) in [6.07, 6.45) is 1.14. The second kappa shape index (κ2) is 13.8. The van der Waals surface area contributed by atoms with Crippen LogP contribution in [0.3, 0.4) is 0 Å². The van der Waals surface area contributed by atoms with Gasteiger partial charge in [0.15, 0.2) is 0 Å². The van der Waals surface area contributed by atoms with Gasteiger partial charge in [0, 0.05) is 12.6 Å². The van der Waals surface area contributed by atoms with Crippen LogP contribution in [0.1, 0.15) is 61.4 Å². The molecule has 0 aliphatic carbocycles. The molecule has 0 unspecified atom stereocenters. The highest BCUT2D eigenvalue weighted by atomic mass is 32.2. The summed E-state index contributed by atoms with van der Waals surface area (Å²) in [5, 5.41) is 3.01. The molecule has 41 heavy (non-hydrogen) atoms. The highest BCUT2D eigenvalue weighted by Crippen LogP contribution is 2.27. The molecule has 0 aromatic heterocycles. The predicted octanol–water partition coefficient (Wildman–Crippen LogP) is 5.84. The van der Waals surface area contributed by atoms with Gasteiger partial charge in [0.2, 0.25) is 11.8 Å². The Bertz CT molecular complexity index is 1470. The number of hydrogen-bond acceptors (Lipinski definition) is 4. The van der Waals surface area contributed by atoms with Crippen LogP contribution in [0.4, 0.5) is 5.69 Å². The Morgan fingerprint density at radius 3 is 2.07 bits per heavy atom. The average Bonchev–Trinajstić information content (AvgIpc) is 2.94. The van der Waals surface area contributed by atoms with Crippen molar-refractivity contribution in [1.82, 2.24) is 10.2 Å². The number of anilines is 1. The van der Waals surface area contributed by atoms with E-state index in [0.29, 0.717) is 12.1 Å². The summed E-state index contributed by atoms with van der Waals surface area (Å²) in [5.74, 6) is -0.698. The number of rotatable bonds is 12. The zero-order valence-corrected chi connectivity index (χ0v) is 26.1. The molecule has 0 spiro atoms. The Labute approximate surface area is 245 Å². The summed E-state index contributed by atoms with van der Waals surface area (Å²) in [4.78, 5) is 29.3. The van der Waals surface area contributed by atoms with Crippen LogP contribution in [0.15, 0.2) is 71.6 Å². The summed E-state index contributed by atoms with van der Waals surface area (Å²) < 4.78 is 29.3. The molecule has 220 valence electrons. The molecular formula is C33H43N3O4S. The van der Waals surface area contributed by atoms with E-state index in [4.69, 9.17) is 0 Å². The molecule has 0 saturated heterocycles. The predicted molar refractivity (Wildman–Crippen MR) is 165 cm³/mol. The Hall–Kier alpha value is -3.65. The normalized spacial score (nSPS) is 12.9. The average molecular weight is 578 g/mol. The quantitative estimate of drug-likeness (QED) is 0.293. The van der Waals surface area contributed by atoms with Crippen LogP contribution in [0.5, 0.6) is 0 Å². The minimum Gasteiger partial charge on any atom is -0.352 e. The molecule has 0 radical (unpaired) electrons. The monoisotopic (exact) mass is 577 g/mol. The number of nitrogens with zero attached hydrogens (tertiary/aromatic N) is 2. The zero-order chi connectivity index (χ0) is 30.3. The van der Waals surface area contributed by atoms with Gasteiger partial charge in [-0.1, -0.05) is 61.9 Å². The smallest absolute Gasteiger partial charge is 0.264 e. The van der Waals surface area contributed by atoms with Crippen LogP contribution in [0.2, 0.25) is 0 Å². The van der Waals surface area contributed by atoms with E-state index in [2.05, 4.69) is 5.32 Å². The van der Waals surface area contributed by atoms with Gasteiger partial charge in [-0.2, -0.15) is 0 Å². The largest absolute Gasteiger partial charge is 0.352 e. The minimum atomic E-state index is -4.10. The van der Waals surface area contributed by atoms with Crippen molar-refractivity contribution >= 4 is 27.5 Å². The lowest BCUT2D eigenvalue weighted by Crippen LogP contribution is -2.53. The first-order chi connectivity index (χ1) is 19.4. The standard InChI is InChI=1S/C33H43N3O4S/c1-8-27(7)34-33(38)31(9-2)35(21-28-13-11-10-12-25(28)5)32(37)22-36(29-17-16-24(4)26(6)20-29)41(39,40)30-18-14-23(3)15-19-30/h10-20,27,31H,8-9,21-22H2,1-7H3,(H,34,38)/t27-,31+/m0/s1. The number of nitrogens with one attached hydrogen (secondary N) is 1. The van der Waals surface area contributed by atoms with Gasteiger partial charge in [-0.15, -0.1) is 0 Å². The molecule has 2 amide bonds. The maximum absolute atomic E-state index is 14.2. The van der Waals surface area contributed by atoms with Gasteiger partial charge in [-0.05, 0) is 94.0 Å². The molecule has 1 N–H and O–H groups in total. The molecule has 0 heterocycles. The van der Waals surface area contributed by atoms with E-state index in [1.165, 1.54) is 4.90 Å². The van der Waals surface area contributed by atoms with E-state index in [0.717, 1.165) is 38.5 Å². The Kier molecular flexibility index (Phi) is 10.7. The first-order valence-corrected chi connectivity index (χ1v) is 15.6. The first kappa shape index (κ1) is 31.9. The van der Waals surface area contributed by atoms with Gasteiger partial charge in [0.1, 0.15) is 12.6 Å². The third-order valence-electron chi connectivity index (χ3n) is 7.66. The van der Waals surface area contributed by atoms with Crippen molar-refractivity contribution in [2.24, 2.45) is 0 Å².